The largest absolute Gasteiger partial charge is 0.388 e. The first kappa shape index (κ1) is 26.0. The average Bonchev–Trinajstić information content (AvgIpc) is 2.53. The second-order valence-corrected chi connectivity index (χ2v) is 10.2. The summed E-state index contributed by atoms with van der Waals surface area (Å²) in [5.41, 5.74) is 0. The van der Waals surface area contributed by atoms with Gasteiger partial charge < -0.3 is 23.7 Å². The number of hydrogen-bond acceptors (Lipinski definition) is 4. The molecule has 0 saturated carbocycles. The number of nitrogens with zero attached hydrogens (tertiary/aromatic N) is 1. The van der Waals surface area contributed by atoms with Gasteiger partial charge in [0.1, 0.15) is 6.10 Å². The third kappa shape index (κ3) is 18.8. The molecule has 0 bridgehead atoms. The molecule has 0 aliphatic heterocycles. The van der Waals surface area contributed by atoms with Crippen LogP contribution in [-0.4, -0.2) is 74.3 Å². The molecule has 2 atom stereocenters. The molecule has 0 rings (SSSR count). The first-order valence-corrected chi connectivity index (χ1v) is 11.9. The highest BCUT2D eigenvalue weighted by molar-refractivity contribution is 7.52. The average molecular weight is 397 g/mol. The minimum atomic E-state index is -3.62. The second-order valence-electron chi connectivity index (χ2n) is 8.23. The van der Waals surface area contributed by atoms with Crippen molar-refractivity contribution in [2.24, 2.45) is 0 Å². The van der Waals surface area contributed by atoms with Crippen LogP contribution in [0.5, 0.6) is 0 Å². The smallest absolute Gasteiger partial charge is 0.328 e. The number of quaternary nitrogens is 1. The molecule has 1 unspecified atom stereocenters. The molecule has 0 aliphatic rings. The quantitative estimate of drug-likeness (QED) is 0.209. The highest BCUT2D eigenvalue weighted by atomic mass is 31.2. The van der Waals surface area contributed by atoms with Gasteiger partial charge in [-0.2, -0.15) is 0 Å². The van der Waals surface area contributed by atoms with Crippen LogP contribution in [-0.2, 0) is 13.8 Å². The van der Waals surface area contributed by atoms with E-state index in [0.717, 1.165) is 23.9 Å². The van der Waals surface area contributed by atoms with E-state index in [1.807, 2.05) is 21.1 Å². The molecule has 0 aromatic rings. The van der Waals surface area contributed by atoms with Crippen LogP contribution in [0.4, 0.5) is 0 Å². The maximum atomic E-state index is 11.9. The van der Waals surface area contributed by atoms with Gasteiger partial charge in [-0.3, -0.25) is 4.57 Å². The highest BCUT2D eigenvalue weighted by Crippen LogP contribution is 2.42. The summed E-state index contributed by atoms with van der Waals surface area (Å²) < 4.78 is 23.1. The number of unbranched alkanes of at least 4 members (excludes halogenated alkanes) is 7. The van der Waals surface area contributed by atoms with Crippen LogP contribution < -0.4 is 0 Å². The zero-order valence-corrected chi connectivity index (χ0v) is 18.4. The summed E-state index contributed by atoms with van der Waals surface area (Å²) in [6.45, 7) is 3.64. The molecule has 0 aliphatic carbocycles. The van der Waals surface area contributed by atoms with Crippen molar-refractivity contribution in [2.75, 3.05) is 53.7 Å². The van der Waals surface area contributed by atoms with Crippen molar-refractivity contribution < 1.29 is 28.3 Å². The first-order chi connectivity index (χ1) is 12.2. The summed E-state index contributed by atoms with van der Waals surface area (Å²) in [7, 11) is 2.49. The van der Waals surface area contributed by atoms with Gasteiger partial charge >= 0.3 is 7.60 Å². The van der Waals surface area contributed by atoms with Crippen molar-refractivity contribution in [3.8, 4) is 0 Å². The molecule has 0 heterocycles. The van der Waals surface area contributed by atoms with E-state index >= 15 is 0 Å². The Bertz CT molecular complexity index is 373. The summed E-state index contributed by atoms with van der Waals surface area (Å²) in [6.07, 6.45) is 9.81. The lowest BCUT2D eigenvalue weighted by Crippen LogP contribution is -2.35. The zero-order valence-electron chi connectivity index (χ0n) is 17.5. The summed E-state index contributed by atoms with van der Waals surface area (Å²) >= 11 is 0. The highest BCUT2D eigenvalue weighted by Gasteiger charge is 2.22. The SMILES string of the molecule is CCCCCCCCCCOC[C@H](O)COP(=O)(O)CCC[N+](C)(C)C. The molecule has 158 valence electrons. The van der Waals surface area contributed by atoms with Gasteiger partial charge in [-0.05, 0) is 6.42 Å². The molecular formula is C19H43NO5P+. The van der Waals surface area contributed by atoms with Crippen molar-refractivity contribution in [3.05, 3.63) is 0 Å². The van der Waals surface area contributed by atoms with Gasteiger partial charge in [-0.1, -0.05) is 51.9 Å². The maximum absolute atomic E-state index is 11.9. The minimum Gasteiger partial charge on any atom is -0.388 e. The Morgan fingerprint density at radius 1 is 0.923 bits per heavy atom. The molecule has 0 aromatic heterocycles. The predicted molar refractivity (Wildman–Crippen MR) is 108 cm³/mol. The Morgan fingerprint density at radius 3 is 2.08 bits per heavy atom. The predicted octanol–water partition coefficient (Wildman–Crippen LogP) is 3.80. The fourth-order valence-electron chi connectivity index (χ4n) is 2.62. The van der Waals surface area contributed by atoms with Gasteiger partial charge in [0.15, 0.2) is 0 Å². The van der Waals surface area contributed by atoms with Crippen LogP contribution >= 0.6 is 7.60 Å². The molecule has 0 amide bonds. The molecule has 0 aromatic carbocycles. The number of hydrogen-bond donors (Lipinski definition) is 2. The Morgan fingerprint density at radius 2 is 1.50 bits per heavy atom. The van der Waals surface area contributed by atoms with E-state index in [-0.39, 0.29) is 19.4 Å². The van der Waals surface area contributed by atoms with Crippen LogP contribution in [0.25, 0.3) is 0 Å². The van der Waals surface area contributed by atoms with Gasteiger partial charge in [0.05, 0.1) is 47.1 Å². The molecule has 26 heavy (non-hydrogen) atoms. The van der Waals surface area contributed by atoms with E-state index in [1.165, 1.54) is 38.5 Å². The third-order valence-electron chi connectivity index (χ3n) is 4.19. The van der Waals surface area contributed by atoms with Crippen LogP contribution in [0.15, 0.2) is 0 Å². The number of aliphatic hydroxyl groups is 1. The molecule has 0 radical (unpaired) electrons. The monoisotopic (exact) mass is 396 g/mol. The molecule has 7 heteroatoms. The third-order valence-corrected chi connectivity index (χ3v) is 5.62. The van der Waals surface area contributed by atoms with Crippen molar-refractivity contribution in [1.82, 2.24) is 0 Å². The van der Waals surface area contributed by atoms with Crippen LogP contribution in [0.2, 0.25) is 0 Å². The van der Waals surface area contributed by atoms with Gasteiger partial charge in [0, 0.05) is 13.0 Å². The van der Waals surface area contributed by atoms with E-state index < -0.39 is 13.7 Å². The number of aliphatic hydroxyl groups excluding tert-OH is 1. The standard InChI is InChI=1S/C19H42NO5P/c1-5-6-7-8-9-10-11-12-15-24-17-19(21)18-25-26(22,23)16-13-14-20(2,3)4/h19,21H,5-18H2,1-4H3/p+1/t19-/m0/s1. The van der Waals surface area contributed by atoms with Crippen molar-refractivity contribution in [3.63, 3.8) is 0 Å². The first-order valence-electron chi connectivity index (χ1n) is 10.2. The van der Waals surface area contributed by atoms with E-state index in [1.54, 1.807) is 0 Å². The van der Waals surface area contributed by atoms with Crippen LogP contribution in [0, 0.1) is 0 Å². The Kier molecular flexibility index (Phi) is 15.0. The number of ether oxygens (including phenoxy) is 1. The zero-order chi connectivity index (χ0) is 19.9. The summed E-state index contributed by atoms with van der Waals surface area (Å²) in [6, 6.07) is 0. The number of rotatable bonds is 18. The van der Waals surface area contributed by atoms with Gasteiger partial charge in [-0.15, -0.1) is 0 Å². The van der Waals surface area contributed by atoms with Crippen molar-refractivity contribution >= 4 is 7.60 Å². The Balaban J connectivity index is 3.55. The van der Waals surface area contributed by atoms with Crippen molar-refractivity contribution in [1.29, 1.82) is 0 Å². The lowest BCUT2D eigenvalue weighted by atomic mass is 10.1. The molecule has 2 N–H and O–H groups in total. The molecular weight excluding hydrogens is 353 g/mol. The fourth-order valence-corrected chi connectivity index (χ4v) is 3.69. The van der Waals surface area contributed by atoms with Gasteiger partial charge in [-0.25, -0.2) is 0 Å². The van der Waals surface area contributed by atoms with E-state index in [2.05, 4.69) is 6.92 Å². The second kappa shape index (κ2) is 15.0. The maximum Gasteiger partial charge on any atom is 0.328 e. The van der Waals surface area contributed by atoms with Gasteiger partial charge in [0.2, 0.25) is 0 Å². The summed E-state index contributed by atoms with van der Waals surface area (Å²) in [4.78, 5) is 9.78. The van der Waals surface area contributed by atoms with Crippen LogP contribution in [0.3, 0.4) is 0 Å². The summed E-state index contributed by atoms with van der Waals surface area (Å²) in [5, 5.41) is 9.81. The lowest BCUT2D eigenvalue weighted by Gasteiger charge is -2.24. The molecule has 0 spiro atoms. The lowest BCUT2D eigenvalue weighted by molar-refractivity contribution is -0.870. The molecule has 0 saturated heterocycles. The molecule has 0 fully saturated rings. The molecule has 6 nitrogen and oxygen atoms in total. The minimum absolute atomic E-state index is 0.119. The Labute approximate surface area is 161 Å². The van der Waals surface area contributed by atoms with Gasteiger partial charge in [0.25, 0.3) is 0 Å². The summed E-state index contributed by atoms with van der Waals surface area (Å²) in [5.74, 6) is 0. The topological polar surface area (TPSA) is 76.0 Å². The van der Waals surface area contributed by atoms with E-state index in [0.29, 0.717) is 13.0 Å². The fraction of sp³-hybridized carbons (Fsp3) is 1.00. The van der Waals surface area contributed by atoms with E-state index in [4.69, 9.17) is 9.26 Å². The van der Waals surface area contributed by atoms with Crippen LogP contribution in [0.1, 0.15) is 64.7 Å². The Hall–Kier alpha value is 0.0300. The van der Waals surface area contributed by atoms with E-state index in [9.17, 15) is 14.6 Å². The van der Waals surface area contributed by atoms with Crippen molar-refractivity contribution in [2.45, 2.75) is 70.8 Å². The normalized spacial score (nSPS) is 15.8.